The molecular weight excluding hydrogens is 640 g/mol. The van der Waals surface area contributed by atoms with Crippen molar-refractivity contribution in [3.05, 3.63) is 117 Å². The van der Waals surface area contributed by atoms with Crippen LogP contribution < -0.4 is 20.1 Å². The molecular formula is C40H43ClN2O6. The predicted molar refractivity (Wildman–Crippen MR) is 192 cm³/mol. The van der Waals surface area contributed by atoms with Crippen molar-refractivity contribution in [1.82, 2.24) is 0 Å². The summed E-state index contributed by atoms with van der Waals surface area (Å²) < 4.78 is 12.1. The molecule has 0 spiro atoms. The first kappa shape index (κ1) is 35.6. The molecule has 0 aromatic heterocycles. The van der Waals surface area contributed by atoms with Gasteiger partial charge in [0.25, 0.3) is 0 Å². The summed E-state index contributed by atoms with van der Waals surface area (Å²) in [6, 6.07) is 23.9. The summed E-state index contributed by atoms with van der Waals surface area (Å²) >= 11 is 6.36. The highest BCUT2D eigenvalue weighted by atomic mass is 35.5. The number of rotatable bonds is 10. The van der Waals surface area contributed by atoms with Crippen molar-refractivity contribution in [3.8, 4) is 11.5 Å². The molecule has 9 heteroatoms. The zero-order valence-corrected chi connectivity index (χ0v) is 29.5. The Kier molecular flexibility index (Phi) is 10.8. The van der Waals surface area contributed by atoms with E-state index in [0.717, 1.165) is 27.8 Å². The van der Waals surface area contributed by atoms with E-state index in [1.165, 1.54) is 6.92 Å². The van der Waals surface area contributed by atoms with Crippen LogP contribution in [0.5, 0.6) is 11.5 Å². The van der Waals surface area contributed by atoms with Crippen LogP contribution in [0.25, 0.3) is 0 Å². The van der Waals surface area contributed by atoms with Crippen LogP contribution in [-0.2, 0) is 21.0 Å². The SMILES string of the molecule is CCOc1cc(C2C(C(=O)Nc3cc(C)ccc3C)C(=O)CC(C)(O)C2C(=O)Nc2cc(C)ccc2C)ccc1OCc1ccccc1Cl. The minimum absolute atomic E-state index is 0.178. The maximum atomic E-state index is 14.3. The molecule has 256 valence electrons. The van der Waals surface area contributed by atoms with Gasteiger partial charge in [-0.2, -0.15) is 0 Å². The number of ketones is 1. The van der Waals surface area contributed by atoms with Gasteiger partial charge in [-0.1, -0.05) is 60.1 Å². The highest BCUT2D eigenvalue weighted by molar-refractivity contribution is 6.31. The van der Waals surface area contributed by atoms with Gasteiger partial charge in [0.1, 0.15) is 18.3 Å². The molecule has 8 nitrogen and oxygen atoms in total. The molecule has 0 bridgehead atoms. The van der Waals surface area contributed by atoms with E-state index in [1.807, 2.05) is 89.2 Å². The summed E-state index contributed by atoms with van der Waals surface area (Å²) in [5.74, 6) is -4.27. The van der Waals surface area contributed by atoms with Crippen LogP contribution in [-0.4, -0.2) is 34.9 Å². The normalized spacial score (nSPS) is 20.4. The van der Waals surface area contributed by atoms with Gasteiger partial charge in [-0.3, -0.25) is 14.4 Å². The van der Waals surface area contributed by atoms with Crippen molar-refractivity contribution >= 4 is 40.6 Å². The van der Waals surface area contributed by atoms with Crippen LogP contribution in [0, 0.1) is 39.5 Å². The maximum Gasteiger partial charge on any atom is 0.235 e. The number of ether oxygens (including phenoxy) is 2. The zero-order valence-electron chi connectivity index (χ0n) is 28.7. The zero-order chi connectivity index (χ0) is 35.5. The van der Waals surface area contributed by atoms with Gasteiger partial charge in [0.2, 0.25) is 11.8 Å². The first-order valence-electron chi connectivity index (χ1n) is 16.4. The quantitative estimate of drug-likeness (QED) is 0.147. The number of hydrogen-bond acceptors (Lipinski definition) is 6. The molecule has 0 saturated heterocycles. The number of carbonyl (C=O) groups is 3. The van der Waals surface area contributed by atoms with Crippen LogP contribution in [0.15, 0.2) is 78.9 Å². The lowest BCUT2D eigenvalue weighted by molar-refractivity contribution is -0.150. The lowest BCUT2D eigenvalue weighted by Crippen LogP contribution is -2.56. The number of aryl methyl sites for hydroxylation is 4. The Labute approximate surface area is 292 Å². The second-order valence-corrected chi connectivity index (χ2v) is 13.5. The smallest absolute Gasteiger partial charge is 0.235 e. The fourth-order valence-corrected chi connectivity index (χ4v) is 6.73. The van der Waals surface area contributed by atoms with Crippen LogP contribution in [0.2, 0.25) is 5.02 Å². The van der Waals surface area contributed by atoms with Crippen molar-refractivity contribution in [2.75, 3.05) is 17.2 Å². The molecule has 1 saturated carbocycles. The van der Waals surface area contributed by atoms with Crippen molar-refractivity contribution in [2.24, 2.45) is 11.8 Å². The number of anilines is 2. The van der Waals surface area contributed by atoms with E-state index in [-0.39, 0.29) is 13.0 Å². The molecule has 0 heterocycles. The largest absolute Gasteiger partial charge is 0.490 e. The van der Waals surface area contributed by atoms with E-state index < -0.39 is 41.0 Å². The number of amides is 2. The van der Waals surface area contributed by atoms with Crippen molar-refractivity contribution < 1.29 is 29.0 Å². The number of aliphatic hydroxyl groups is 1. The third kappa shape index (κ3) is 7.98. The topological polar surface area (TPSA) is 114 Å². The molecule has 4 aromatic carbocycles. The van der Waals surface area contributed by atoms with Gasteiger partial charge in [-0.25, -0.2) is 0 Å². The van der Waals surface area contributed by atoms with Crippen molar-refractivity contribution in [1.29, 1.82) is 0 Å². The Balaban J connectivity index is 1.60. The van der Waals surface area contributed by atoms with Crippen LogP contribution in [0.4, 0.5) is 11.4 Å². The lowest BCUT2D eigenvalue weighted by atomic mass is 9.61. The predicted octanol–water partition coefficient (Wildman–Crippen LogP) is 7.87. The standard InChI is InChI=1S/C40H43ClN2O6/c1-7-48-34-20-27(16-17-33(34)49-22-28-10-8-9-11-29(28)41)35-36(38(45)42-30-18-23(2)12-14-25(30)4)32(44)21-40(6,47)37(35)39(46)43-31-19-24(3)13-15-26(31)5/h8-20,35-37,47H,7,21-22H2,1-6H3,(H,42,45)(H,43,46). The summed E-state index contributed by atoms with van der Waals surface area (Å²) in [6.45, 7) is 11.4. The number of Topliss-reactive ketones (excluding diaryl/α,β-unsaturated/α-hetero) is 1. The van der Waals surface area contributed by atoms with E-state index in [9.17, 15) is 19.5 Å². The monoisotopic (exact) mass is 682 g/mol. The van der Waals surface area contributed by atoms with Gasteiger partial charge in [0, 0.05) is 34.3 Å². The van der Waals surface area contributed by atoms with Crippen LogP contribution in [0.1, 0.15) is 59.6 Å². The van der Waals surface area contributed by atoms with Gasteiger partial charge in [-0.15, -0.1) is 0 Å². The molecule has 0 radical (unpaired) electrons. The van der Waals surface area contributed by atoms with Gasteiger partial charge in [-0.05, 0) is 99.7 Å². The van der Waals surface area contributed by atoms with Gasteiger partial charge in [0.05, 0.1) is 18.1 Å². The van der Waals surface area contributed by atoms with Gasteiger partial charge >= 0.3 is 0 Å². The van der Waals surface area contributed by atoms with Crippen LogP contribution >= 0.6 is 11.6 Å². The summed E-state index contributed by atoms with van der Waals surface area (Å²) in [5.41, 5.74) is 4.20. The number of halogens is 1. The first-order valence-corrected chi connectivity index (χ1v) is 16.8. The molecule has 4 aromatic rings. The molecule has 4 atom stereocenters. The summed E-state index contributed by atoms with van der Waals surface area (Å²) in [7, 11) is 0. The minimum Gasteiger partial charge on any atom is -0.490 e. The van der Waals surface area contributed by atoms with E-state index >= 15 is 0 Å². The average molecular weight is 683 g/mol. The van der Waals surface area contributed by atoms with Crippen LogP contribution in [0.3, 0.4) is 0 Å². The van der Waals surface area contributed by atoms with Gasteiger partial charge in [0.15, 0.2) is 11.5 Å². The first-order chi connectivity index (χ1) is 23.3. The lowest BCUT2D eigenvalue weighted by Gasteiger charge is -2.44. The van der Waals surface area contributed by atoms with E-state index in [2.05, 4.69) is 10.6 Å². The number of benzene rings is 4. The minimum atomic E-state index is -1.77. The fraction of sp³-hybridized carbons (Fsp3) is 0.325. The number of carbonyl (C=O) groups excluding carboxylic acids is 3. The highest BCUT2D eigenvalue weighted by Gasteiger charge is 2.56. The fourth-order valence-electron chi connectivity index (χ4n) is 6.54. The van der Waals surface area contributed by atoms with E-state index in [1.54, 1.807) is 24.3 Å². The van der Waals surface area contributed by atoms with Gasteiger partial charge < -0.3 is 25.2 Å². The van der Waals surface area contributed by atoms with Crippen molar-refractivity contribution in [2.45, 2.75) is 66.1 Å². The Morgan fingerprint density at radius 1 is 0.837 bits per heavy atom. The number of hydrogen-bond donors (Lipinski definition) is 3. The summed E-state index contributed by atoms with van der Waals surface area (Å²) in [6.07, 6.45) is -0.378. The molecule has 1 aliphatic rings. The molecule has 1 aliphatic carbocycles. The summed E-state index contributed by atoms with van der Waals surface area (Å²) in [5, 5.41) is 18.4. The van der Waals surface area contributed by atoms with Crippen molar-refractivity contribution in [3.63, 3.8) is 0 Å². The number of nitrogens with one attached hydrogen (secondary N) is 2. The highest BCUT2D eigenvalue weighted by Crippen LogP contribution is 2.48. The third-order valence-corrected chi connectivity index (χ3v) is 9.50. The maximum absolute atomic E-state index is 14.3. The molecule has 1 fully saturated rings. The summed E-state index contributed by atoms with van der Waals surface area (Å²) in [4.78, 5) is 42.5. The Morgan fingerprint density at radius 2 is 1.45 bits per heavy atom. The third-order valence-electron chi connectivity index (χ3n) is 9.13. The van der Waals surface area contributed by atoms with E-state index in [4.69, 9.17) is 21.1 Å². The molecule has 0 aliphatic heterocycles. The molecule has 3 N–H and O–H groups in total. The Bertz CT molecular complexity index is 1890. The molecule has 2 amide bonds. The second-order valence-electron chi connectivity index (χ2n) is 13.1. The Morgan fingerprint density at radius 3 is 2.06 bits per heavy atom. The Hall–Kier alpha value is -4.66. The molecule has 49 heavy (non-hydrogen) atoms. The second kappa shape index (κ2) is 14.8. The average Bonchev–Trinajstić information content (AvgIpc) is 3.03. The van der Waals surface area contributed by atoms with E-state index in [0.29, 0.717) is 40.1 Å². The molecule has 4 unspecified atom stereocenters. The molecule has 5 rings (SSSR count).